The van der Waals surface area contributed by atoms with Crippen LogP contribution in [0.4, 0.5) is 0 Å². The number of ether oxygens (including phenoxy) is 1. The molecule has 0 unspecified atom stereocenters. The monoisotopic (exact) mass is 509 g/mol. The van der Waals surface area contributed by atoms with E-state index in [-0.39, 0.29) is 17.2 Å². The first kappa shape index (κ1) is 23.9. The molecule has 1 fully saturated rings. The van der Waals surface area contributed by atoms with Gasteiger partial charge in [-0.2, -0.15) is 4.72 Å². The number of hydrogen-bond donors (Lipinski definition) is 2. The van der Waals surface area contributed by atoms with E-state index in [0.29, 0.717) is 6.54 Å². The zero-order valence-corrected chi connectivity index (χ0v) is 19.7. The first-order valence-corrected chi connectivity index (χ1v) is 12.6. The van der Waals surface area contributed by atoms with E-state index in [0.717, 1.165) is 49.3 Å². The largest absolute Gasteiger partial charge is 0.379 e. The molecule has 0 bridgehead atoms. The number of rotatable bonds is 10. The Morgan fingerprint density at radius 1 is 1.06 bits per heavy atom. The van der Waals surface area contributed by atoms with E-state index in [1.54, 1.807) is 12.1 Å². The molecular weight excluding hydrogens is 482 g/mol. The molecular formula is C22H28BrN3O4S. The summed E-state index contributed by atoms with van der Waals surface area (Å²) < 4.78 is 34.4. The van der Waals surface area contributed by atoms with Crippen LogP contribution >= 0.6 is 15.9 Å². The first-order chi connectivity index (χ1) is 14.9. The van der Waals surface area contributed by atoms with Crippen molar-refractivity contribution in [1.82, 2.24) is 14.9 Å². The summed E-state index contributed by atoms with van der Waals surface area (Å²) in [6.45, 7) is 4.64. The zero-order valence-electron chi connectivity index (χ0n) is 17.3. The van der Waals surface area contributed by atoms with Crippen LogP contribution < -0.4 is 10.0 Å². The van der Waals surface area contributed by atoms with E-state index < -0.39 is 16.1 Å². The minimum absolute atomic E-state index is 0.119. The van der Waals surface area contributed by atoms with Gasteiger partial charge in [0.25, 0.3) is 0 Å². The number of carbonyl (C=O) groups excluding carboxylic acids is 1. The Bertz CT molecular complexity index is 933. The summed E-state index contributed by atoms with van der Waals surface area (Å²) >= 11 is 3.30. The molecule has 7 nitrogen and oxygen atoms in total. The van der Waals surface area contributed by atoms with Gasteiger partial charge in [0.1, 0.15) is 6.04 Å². The van der Waals surface area contributed by atoms with Gasteiger partial charge in [-0.25, -0.2) is 8.42 Å². The van der Waals surface area contributed by atoms with Crippen LogP contribution in [0.3, 0.4) is 0 Å². The van der Waals surface area contributed by atoms with Gasteiger partial charge >= 0.3 is 0 Å². The number of benzene rings is 2. The van der Waals surface area contributed by atoms with E-state index >= 15 is 0 Å². The van der Waals surface area contributed by atoms with Crippen LogP contribution in [0.1, 0.15) is 12.0 Å². The lowest BCUT2D eigenvalue weighted by molar-refractivity contribution is -0.122. The number of carbonyl (C=O) groups is 1. The molecule has 2 aromatic rings. The van der Waals surface area contributed by atoms with Gasteiger partial charge in [0.05, 0.1) is 18.1 Å². The molecule has 2 N–H and O–H groups in total. The molecule has 3 rings (SSSR count). The summed E-state index contributed by atoms with van der Waals surface area (Å²) in [4.78, 5) is 15.3. The number of morpholine rings is 1. The highest BCUT2D eigenvalue weighted by molar-refractivity contribution is 9.10. The lowest BCUT2D eigenvalue weighted by atomic mass is 10.1. The van der Waals surface area contributed by atoms with Crippen molar-refractivity contribution in [2.24, 2.45) is 0 Å². The van der Waals surface area contributed by atoms with Gasteiger partial charge in [-0.15, -0.1) is 0 Å². The van der Waals surface area contributed by atoms with Crippen molar-refractivity contribution in [3.8, 4) is 0 Å². The zero-order chi connectivity index (χ0) is 22.1. The van der Waals surface area contributed by atoms with Crippen LogP contribution in [0, 0.1) is 0 Å². The standard InChI is InChI=1S/C22H28BrN3O4S/c23-19-7-9-20(10-8-19)31(28,29)25-21(17-18-5-2-1-3-6-18)22(27)24-11-4-12-26-13-15-30-16-14-26/h1-3,5-10,21,25H,4,11-17H2,(H,24,27)/t21-/m1/s1. The van der Waals surface area contributed by atoms with Crippen molar-refractivity contribution in [1.29, 1.82) is 0 Å². The van der Waals surface area contributed by atoms with Gasteiger partial charge in [-0.3, -0.25) is 9.69 Å². The Morgan fingerprint density at radius 3 is 2.42 bits per heavy atom. The summed E-state index contributed by atoms with van der Waals surface area (Å²) in [6, 6.07) is 14.8. The Hall–Kier alpha value is -1.78. The van der Waals surface area contributed by atoms with Crippen molar-refractivity contribution in [3.63, 3.8) is 0 Å². The molecule has 1 saturated heterocycles. The van der Waals surface area contributed by atoms with E-state index in [9.17, 15) is 13.2 Å². The Labute approximate surface area is 192 Å². The summed E-state index contributed by atoms with van der Waals surface area (Å²) in [5.41, 5.74) is 0.884. The second-order valence-corrected chi connectivity index (χ2v) is 10.0. The number of amides is 1. The van der Waals surface area contributed by atoms with E-state index in [2.05, 4.69) is 30.9 Å². The molecule has 0 spiro atoms. The van der Waals surface area contributed by atoms with Crippen LogP contribution in [0.25, 0.3) is 0 Å². The molecule has 1 amide bonds. The molecule has 0 radical (unpaired) electrons. The summed E-state index contributed by atoms with van der Waals surface area (Å²) in [5, 5.41) is 2.89. The van der Waals surface area contributed by atoms with Gasteiger partial charge < -0.3 is 10.1 Å². The normalized spacial score (nSPS) is 16.0. The van der Waals surface area contributed by atoms with E-state index in [4.69, 9.17) is 4.74 Å². The number of nitrogens with one attached hydrogen (secondary N) is 2. The van der Waals surface area contributed by atoms with Crippen LogP contribution in [0.2, 0.25) is 0 Å². The molecule has 0 aliphatic carbocycles. The Balaban J connectivity index is 1.62. The van der Waals surface area contributed by atoms with Gasteiger partial charge in [0.2, 0.25) is 15.9 Å². The lowest BCUT2D eigenvalue weighted by Crippen LogP contribution is -2.48. The predicted molar refractivity (Wildman–Crippen MR) is 123 cm³/mol. The third-order valence-corrected chi connectivity index (χ3v) is 7.09. The number of hydrogen-bond acceptors (Lipinski definition) is 5. The highest BCUT2D eigenvalue weighted by atomic mass is 79.9. The second kappa shape index (κ2) is 11.7. The predicted octanol–water partition coefficient (Wildman–Crippen LogP) is 2.18. The van der Waals surface area contributed by atoms with Crippen LogP contribution in [0.15, 0.2) is 64.0 Å². The van der Waals surface area contributed by atoms with Crippen molar-refractivity contribution < 1.29 is 17.9 Å². The number of halogens is 1. The fourth-order valence-electron chi connectivity index (χ4n) is 3.37. The maximum atomic E-state index is 12.9. The molecule has 1 atom stereocenters. The number of nitrogens with zero attached hydrogens (tertiary/aromatic N) is 1. The average Bonchev–Trinajstić information content (AvgIpc) is 2.78. The maximum absolute atomic E-state index is 12.9. The van der Waals surface area contributed by atoms with E-state index in [1.807, 2.05) is 30.3 Å². The molecule has 2 aromatic carbocycles. The molecule has 1 heterocycles. The third-order valence-electron chi connectivity index (χ3n) is 5.07. The van der Waals surface area contributed by atoms with Gasteiger partial charge in [0.15, 0.2) is 0 Å². The average molecular weight is 510 g/mol. The molecule has 0 aromatic heterocycles. The fourth-order valence-corrected chi connectivity index (χ4v) is 4.83. The quantitative estimate of drug-likeness (QED) is 0.479. The molecule has 1 aliphatic heterocycles. The smallest absolute Gasteiger partial charge is 0.241 e. The minimum atomic E-state index is -3.84. The second-order valence-electron chi connectivity index (χ2n) is 7.42. The lowest BCUT2D eigenvalue weighted by Gasteiger charge is -2.26. The van der Waals surface area contributed by atoms with E-state index in [1.165, 1.54) is 12.1 Å². The number of sulfonamides is 1. The topological polar surface area (TPSA) is 87.7 Å². The minimum Gasteiger partial charge on any atom is -0.379 e. The molecule has 0 saturated carbocycles. The summed E-state index contributed by atoms with van der Waals surface area (Å²) in [6.07, 6.45) is 1.06. The summed E-state index contributed by atoms with van der Waals surface area (Å²) in [7, 11) is -3.84. The van der Waals surface area contributed by atoms with Crippen LogP contribution in [0.5, 0.6) is 0 Å². The van der Waals surface area contributed by atoms with Gasteiger partial charge in [-0.1, -0.05) is 46.3 Å². The van der Waals surface area contributed by atoms with Crippen molar-refractivity contribution >= 4 is 31.9 Å². The van der Waals surface area contributed by atoms with Crippen molar-refractivity contribution in [3.05, 3.63) is 64.6 Å². The van der Waals surface area contributed by atoms with Gasteiger partial charge in [0, 0.05) is 24.1 Å². The highest BCUT2D eigenvalue weighted by Crippen LogP contribution is 2.15. The Morgan fingerprint density at radius 2 is 1.74 bits per heavy atom. The fraction of sp³-hybridized carbons (Fsp3) is 0.409. The molecule has 168 valence electrons. The molecule has 31 heavy (non-hydrogen) atoms. The highest BCUT2D eigenvalue weighted by Gasteiger charge is 2.26. The molecule has 1 aliphatic rings. The van der Waals surface area contributed by atoms with Crippen LogP contribution in [-0.4, -0.2) is 64.7 Å². The Kier molecular flexibility index (Phi) is 9.03. The SMILES string of the molecule is O=C(NCCCN1CCOCC1)[C@@H](Cc1ccccc1)NS(=O)(=O)c1ccc(Br)cc1. The third kappa shape index (κ3) is 7.69. The summed E-state index contributed by atoms with van der Waals surface area (Å²) in [5.74, 6) is -0.327. The van der Waals surface area contributed by atoms with Crippen molar-refractivity contribution in [2.45, 2.75) is 23.8 Å². The molecule has 9 heteroatoms. The van der Waals surface area contributed by atoms with Gasteiger partial charge in [-0.05, 0) is 49.2 Å². The van der Waals surface area contributed by atoms with Crippen molar-refractivity contribution in [2.75, 3.05) is 39.4 Å². The maximum Gasteiger partial charge on any atom is 0.241 e. The van der Waals surface area contributed by atoms with Crippen LogP contribution in [-0.2, 0) is 26.0 Å². The first-order valence-electron chi connectivity index (χ1n) is 10.3.